The van der Waals surface area contributed by atoms with Crippen molar-refractivity contribution < 1.29 is 18.7 Å². The van der Waals surface area contributed by atoms with Gasteiger partial charge in [0.1, 0.15) is 11.6 Å². The number of carbonyl (C=O) groups is 1. The number of rotatable bonds is 4. The average Bonchev–Trinajstić information content (AvgIpc) is 2.16. The maximum absolute atomic E-state index is 13.3. The van der Waals surface area contributed by atoms with E-state index in [1.165, 1.54) is 0 Å². The van der Waals surface area contributed by atoms with Crippen molar-refractivity contribution in [1.82, 2.24) is 5.32 Å². The Labute approximate surface area is 85.7 Å². The first-order valence-corrected chi connectivity index (χ1v) is 4.42. The van der Waals surface area contributed by atoms with Gasteiger partial charge >= 0.3 is 5.97 Å². The monoisotopic (exact) mass is 215 g/mol. The standard InChI is InChI=1S/C10H11F2NO2/c1-13-3-2-7-8(11)4-6(10(14)15)5-9(7)12/h4-5,13H,2-3H2,1H3,(H,14,15). The summed E-state index contributed by atoms with van der Waals surface area (Å²) in [7, 11) is 1.67. The molecule has 82 valence electrons. The Morgan fingerprint density at radius 1 is 1.40 bits per heavy atom. The molecule has 0 atom stereocenters. The first kappa shape index (κ1) is 11.6. The zero-order chi connectivity index (χ0) is 11.4. The van der Waals surface area contributed by atoms with Gasteiger partial charge in [-0.25, -0.2) is 13.6 Å². The second kappa shape index (κ2) is 4.84. The number of hydrogen-bond donors (Lipinski definition) is 2. The Kier molecular flexibility index (Phi) is 3.74. The van der Waals surface area contributed by atoms with Crippen LogP contribution >= 0.6 is 0 Å². The lowest BCUT2D eigenvalue weighted by Gasteiger charge is -2.05. The average molecular weight is 215 g/mol. The Balaban J connectivity index is 3.04. The Morgan fingerprint density at radius 2 is 1.93 bits per heavy atom. The molecule has 3 nitrogen and oxygen atoms in total. The zero-order valence-corrected chi connectivity index (χ0v) is 8.18. The van der Waals surface area contributed by atoms with Crippen molar-refractivity contribution in [2.24, 2.45) is 0 Å². The topological polar surface area (TPSA) is 49.3 Å². The van der Waals surface area contributed by atoms with Crippen molar-refractivity contribution in [2.45, 2.75) is 6.42 Å². The Bertz CT molecular complexity index is 357. The SMILES string of the molecule is CNCCc1c(F)cc(C(=O)O)cc1F. The fourth-order valence-corrected chi connectivity index (χ4v) is 1.22. The number of nitrogens with one attached hydrogen (secondary N) is 1. The third kappa shape index (κ3) is 2.73. The van der Waals surface area contributed by atoms with Gasteiger partial charge in [0.15, 0.2) is 0 Å². The van der Waals surface area contributed by atoms with E-state index in [2.05, 4.69) is 5.32 Å². The highest BCUT2D eigenvalue weighted by atomic mass is 19.1. The van der Waals surface area contributed by atoms with Gasteiger partial charge in [-0.15, -0.1) is 0 Å². The van der Waals surface area contributed by atoms with Gasteiger partial charge in [-0.05, 0) is 32.1 Å². The molecule has 0 radical (unpaired) electrons. The second-order valence-corrected chi connectivity index (χ2v) is 3.08. The van der Waals surface area contributed by atoms with Crippen LogP contribution in [-0.2, 0) is 6.42 Å². The molecule has 0 saturated heterocycles. The van der Waals surface area contributed by atoms with Crippen molar-refractivity contribution in [3.05, 3.63) is 34.9 Å². The Hall–Kier alpha value is -1.49. The number of hydrogen-bond acceptors (Lipinski definition) is 2. The third-order valence-electron chi connectivity index (χ3n) is 2.01. The van der Waals surface area contributed by atoms with E-state index in [-0.39, 0.29) is 17.5 Å². The molecule has 0 aliphatic heterocycles. The number of carboxylic acid groups (broad SMARTS) is 1. The summed E-state index contributed by atoms with van der Waals surface area (Å²) >= 11 is 0. The zero-order valence-electron chi connectivity index (χ0n) is 8.18. The van der Waals surface area contributed by atoms with Crippen molar-refractivity contribution in [3.63, 3.8) is 0 Å². The number of carboxylic acids is 1. The van der Waals surface area contributed by atoms with Crippen LogP contribution < -0.4 is 5.32 Å². The predicted octanol–water partition coefficient (Wildman–Crippen LogP) is 1.42. The molecule has 0 aromatic heterocycles. The summed E-state index contributed by atoms with van der Waals surface area (Å²) in [5.74, 6) is -2.97. The molecule has 0 spiro atoms. The molecule has 0 aliphatic rings. The van der Waals surface area contributed by atoms with E-state index in [1.807, 2.05) is 0 Å². The van der Waals surface area contributed by atoms with Gasteiger partial charge in [-0.3, -0.25) is 0 Å². The van der Waals surface area contributed by atoms with Crippen LogP contribution in [0.4, 0.5) is 8.78 Å². The van der Waals surface area contributed by atoms with Gasteiger partial charge in [0.2, 0.25) is 0 Å². The van der Waals surface area contributed by atoms with Crippen LogP contribution in [0.25, 0.3) is 0 Å². The summed E-state index contributed by atoms with van der Waals surface area (Å²) in [5, 5.41) is 11.3. The Morgan fingerprint density at radius 3 is 2.33 bits per heavy atom. The minimum atomic E-state index is -1.34. The molecule has 0 amide bonds. The largest absolute Gasteiger partial charge is 0.478 e. The lowest BCUT2D eigenvalue weighted by molar-refractivity contribution is 0.0695. The van der Waals surface area contributed by atoms with Crippen molar-refractivity contribution in [3.8, 4) is 0 Å². The fourth-order valence-electron chi connectivity index (χ4n) is 1.22. The molecular formula is C10H11F2NO2. The summed E-state index contributed by atoms with van der Waals surface area (Å²) in [6.45, 7) is 0.431. The van der Waals surface area contributed by atoms with E-state index in [0.717, 1.165) is 12.1 Å². The van der Waals surface area contributed by atoms with Gasteiger partial charge < -0.3 is 10.4 Å². The van der Waals surface area contributed by atoms with Crippen LogP contribution in [0, 0.1) is 11.6 Å². The molecule has 1 rings (SSSR count). The fraction of sp³-hybridized carbons (Fsp3) is 0.300. The van der Waals surface area contributed by atoms with Crippen LogP contribution in [0.2, 0.25) is 0 Å². The van der Waals surface area contributed by atoms with Crippen LogP contribution in [0.3, 0.4) is 0 Å². The van der Waals surface area contributed by atoms with Crippen molar-refractivity contribution in [2.75, 3.05) is 13.6 Å². The van der Waals surface area contributed by atoms with Crippen LogP contribution in [-0.4, -0.2) is 24.7 Å². The van der Waals surface area contributed by atoms with E-state index >= 15 is 0 Å². The molecule has 1 aromatic carbocycles. The predicted molar refractivity (Wildman–Crippen MR) is 50.9 cm³/mol. The molecule has 5 heteroatoms. The molecule has 0 saturated carbocycles. The van der Waals surface area contributed by atoms with E-state index in [0.29, 0.717) is 6.54 Å². The first-order chi connectivity index (χ1) is 7.06. The smallest absolute Gasteiger partial charge is 0.335 e. The number of aromatic carboxylic acids is 1. The summed E-state index contributed by atoms with van der Waals surface area (Å²) in [4.78, 5) is 10.5. The van der Waals surface area contributed by atoms with E-state index < -0.39 is 17.6 Å². The molecular weight excluding hydrogens is 204 g/mol. The highest BCUT2D eigenvalue weighted by molar-refractivity contribution is 5.87. The summed E-state index contributed by atoms with van der Waals surface area (Å²) in [6, 6.07) is 1.66. The normalized spacial score (nSPS) is 10.3. The minimum absolute atomic E-state index is 0.0886. The highest BCUT2D eigenvalue weighted by Crippen LogP contribution is 2.15. The minimum Gasteiger partial charge on any atom is -0.478 e. The van der Waals surface area contributed by atoms with E-state index in [1.54, 1.807) is 7.05 Å². The number of likely N-dealkylation sites (N-methyl/N-ethyl adjacent to an activating group) is 1. The van der Waals surface area contributed by atoms with E-state index in [4.69, 9.17) is 5.11 Å². The molecule has 15 heavy (non-hydrogen) atoms. The van der Waals surface area contributed by atoms with Gasteiger partial charge in [0.05, 0.1) is 5.56 Å². The summed E-state index contributed by atoms with van der Waals surface area (Å²) < 4.78 is 26.5. The van der Waals surface area contributed by atoms with Gasteiger partial charge in [0.25, 0.3) is 0 Å². The maximum atomic E-state index is 13.3. The van der Waals surface area contributed by atoms with E-state index in [9.17, 15) is 13.6 Å². The van der Waals surface area contributed by atoms with Crippen LogP contribution in [0.15, 0.2) is 12.1 Å². The molecule has 0 heterocycles. The maximum Gasteiger partial charge on any atom is 0.335 e. The van der Waals surface area contributed by atoms with Gasteiger partial charge in [0, 0.05) is 5.56 Å². The van der Waals surface area contributed by atoms with Gasteiger partial charge in [-0.1, -0.05) is 0 Å². The van der Waals surface area contributed by atoms with Crippen molar-refractivity contribution >= 4 is 5.97 Å². The molecule has 0 unspecified atom stereocenters. The lowest BCUT2D eigenvalue weighted by atomic mass is 10.1. The molecule has 0 aliphatic carbocycles. The summed E-state index contributed by atoms with van der Waals surface area (Å²) in [5.41, 5.74) is -0.465. The summed E-state index contributed by atoms with van der Waals surface area (Å²) in [6.07, 6.45) is 0.189. The van der Waals surface area contributed by atoms with Crippen molar-refractivity contribution in [1.29, 1.82) is 0 Å². The lowest BCUT2D eigenvalue weighted by Crippen LogP contribution is -2.13. The molecule has 1 aromatic rings. The van der Waals surface area contributed by atoms with Gasteiger partial charge in [-0.2, -0.15) is 0 Å². The number of halogens is 2. The quantitative estimate of drug-likeness (QED) is 0.798. The molecule has 0 fully saturated rings. The molecule has 0 bridgehead atoms. The van der Waals surface area contributed by atoms with Crippen LogP contribution in [0.5, 0.6) is 0 Å². The highest BCUT2D eigenvalue weighted by Gasteiger charge is 2.13. The molecule has 2 N–H and O–H groups in total. The number of benzene rings is 1. The first-order valence-electron chi connectivity index (χ1n) is 4.42. The second-order valence-electron chi connectivity index (χ2n) is 3.08. The van der Waals surface area contributed by atoms with Crippen LogP contribution in [0.1, 0.15) is 15.9 Å². The third-order valence-corrected chi connectivity index (χ3v) is 2.01.